The fourth-order valence-electron chi connectivity index (χ4n) is 2.37. The zero-order valence-corrected chi connectivity index (χ0v) is 10.7. The van der Waals surface area contributed by atoms with E-state index in [0.29, 0.717) is 11.9 Å². The van der Waals surface area contributed by atoms with Crippen molar-refractivity contribution in [1.82, 2.24) is 10.2 Å². The first-order valence-corrected chi connectivity index (χ1v) is 6.66. The maximum absolute atomic E-state index is 5.63. The maximum Gasteiger partial charge on any atom is 0.320 e. The first-order valence-electron chi connectivity index (χ1n) is 6.13. The van der Waals surface area contributed by atoms with E-state index in [-0.39, 0.29) is 5.88 Å². The molecule has 0 bridgehead atoms. The fourth-order valence-corrected chi connectivity index (χ4v) is 2.48. The number of halogens is 1. The van der Waals surface area contributed by atoms with Gasteiger partial charge in [-0.1, -0.05) is 17.2 Å². The van der Waals surface area contributed by atoms with E-state index in [9.17, 15) is 0 Å². The van der Waals surface area contributed by atoms with E-state index < -0.39 is 0 Å². The molecule has 1 aromatic heterocycles. The van der Waals surface area contributed by atoms with Crippen molar-refractivity contribution in [3.63, 3.8) is 0 Å². The summed E-state index contributed by atoms with van der Waals surface area (Å²) in [4.78, 5) is 0. The van der Waals surface area contributed by atoms with Crippen LogP contribution in [0.25, 0.3) is 0 Å². The molecule has 18 heavy (non-hydrogen) atoms. The predicted octanol–water partition coefficient (Wildman–Crippen LogP) is 3.43. The molecule has 5 heteroatoms. The molecule has 94 valence electrons. The summed E-state index contributed by atoms with van der Waals surface area (Å²) in [5.41, 5.74) is 3.86. The van der Waals surface area contributed by atoms with Gasteiger partial charge in [-0.2, -0.15) is 0 Å². The van der Waals surface area contributed by atoms with Crippen LogP contribution in [0.15, 0.2) is 22.6 Å². The van der Waals surface area contributed by atoms with Gasteiger partial charge in [-0.05, 0) is 42.9 Å². The molecule has 0 unspecified atom stereocenters. The minimum absolute atomic E-state index is 0.238. The summed E-state index contributed by atoms with van der Waals surface area (Å²) in [7, 11) is 0. The smallest absolute Gasteiger partial charge is 0.320 e. The van der Waals surface area contributed by atoms with Crippen LogP contribution in [0.2, 0.25) is 0 Å². The van der Waals surface area contributed by atoms with Gasteiger partial charge in [0.05, 0.1) is 0 Å². The molecule has 1 aliphatic rings. The van der Waals surface area contributed by atoms with Gasteiger partial charge in [0.15, 0.2) is 0 Å². The summed E-state index contributed by atoms with van der Waals surface area (Å²) < 4.78 is 5.36. The highest BCUT2D eigenvalue weighted by Gasteiger charge is 2.14. The Balaban J connectivity index is 1.88. The lowest BCUT2D eigenvalue weighted by molar-refractivity contribution is 0.530. The molecule has 3 rings (SSSR count). The lowest BCUT2D eigenvalue weighted by Gasteiger charge is -2.18. The highest BCUT2D eigenvalue weighted by Crippen LogP contribution is 2.29. The Hall–Kier alpha value is -1.55. The van der Waals surface area contributed by atoms with Crippen LogP contribution in [-0.4, -0.2) is 10.2 Å². The Morgan fingerprint density at radius 3 is 2.94 bits per heavy atom. The van der Waals surface area contributed by atoms with E-state index in [4.69, 9.17) is 16.0 Å². The second-order valence-electron chi connectivity index (χ2n) is 4.41. The molecule has 0 saturated heterocycles. The van der Waals surface area contributed by atoms with Crippen LogP contribution in [0.4, 0.5) is 11.7 Å². The predicted molar refractivity (Wildman–Crippen MR) is 70.2 cm³/mol. The van der Waals surface area contributed by atoms with Gasteiger partial charge in [-0.25, -0.2) is 0 Å². The summed E-state index contributed by atoms with van der Waals surface area (Å²) in [5, 5.41) is 10.9. The third-order valence-corrected chi connectivity index (χ3v) is 3.45. The molecule has 4 nitrogen and oxygen atoms in total. The van der Waals surface area contributed by atoms with Gasteiger partial charge in [0.1, 0.15) is 5.88 Å². The van der Waals surface area contributed by atoms with Gasteiger partial charge < -0.3 is 9.73 Å². The summed E-state index contributed by atoms with van der Waals surface area (Å²) in [6.45, 7) is 0. The van der Waals surface area contributed by atoms with E-state index >= 15 is 0 Å². The molecule has 0 aliphatic heterocycles. The second-order valence-corrected chi connectivity index (χ2v) is 4.68. The van der Waals surface area contributed by atoms with Crippen molar-refractivity contribution in [2.75, 3.05) is 5.32 Å². The van der Waals surface area contributed by atoms with E-state index in [0.717, 1.165) is 18.5 Å². The molecule has 0 amide bonds. The standard InChI is InChI=1S/C13H14ClN3O/c14-8-12-16-17-13(18-12)15-11-7-3-5-9-4-1-2-6-10(9)11/h3,5,7H,1-2,4,6,8H2,(H,15,17). The van der Waals surface area contributed by atoms with E-state index in [1.807, 2.05) is 0 Å². The number of benzene rings is 1. The Morgan fingerprint density at radius 1 is 1.22 bits per heavy atom. The summed E-state index contributed by atoms with van der Waals surface area (Å²) >= 11 is 5.63. The van der Waals surface area contributed by atoms with Crippen LogP contribution in [0.1, 0.15) is 29.9 Å². The van der Waals surface area contributed by atoms with E-state index in [1.165, 1.54) is 24.0 Å². The summed E-state index contributed by atoms with van der Waals surface area (Å²) in [6, 6.07) is 6.71. The molecule has 1 aliphatic carbocycles. The molecule has 1 aromatic carbocycles. The molecular weight excluding hydrogens is 250 g/mol. The van der Waals surface area contributed by atoms with E-state index in [2.05, 4.69) is 33.7 Å². The number of aryl methyl sites for hydroxylation is 1. The maximum atomic E-state index is 5.63. The highest BCUT2D eigenvalue weighted by molar-refractivity contribution is 6.16. The molecule has 2 aromatic rings. The van der Waals surface area contributed by atoms with E-state index in [1.54, 1.807) is 0 Å². The number of aromatic nitrogens is 2. The lowest BCUT2D eigenvalue weighted by Crippen LogP contribution is -2.06. The van der Waals surface area contributed by atoms with Gasteiger partial charge >= 0.3 is 6.01 Å². The Labute approximate surface area is 110 Å². The zero-order chi connectivity index (χ0) is 12.4. The van der Waals surface area contributed by atoms with Crippen LogP contribution in [0, 0.1) is 0 Å². The van der Waals surface area contributed by atoms with Gasteiger partial charge in [-0.15, -0.1) is 16.7 Å². The minimum Gasteiger partial charge on any atom is -0.407 e. The van der Waals surface area contributed by atoms with Gasteiger partial charge in [0.25, 0.3) is 0 Å². The molecule has 1 heterocycles. The third-order valence-electron chi connectivity index (χ3n) is 3.22. The summed E-state index contributed by atoms with van der Waals surface area (Å²) in [6.07, 6.45) is 4.77. The van der Waals surface area contributed by atoms with Crippen LogP contribution >= 0.6 is 11.6 Å². The Bertz CT molecular complexity index is 553. The van der Waals surface area contributed by atoms with Crippen LogP contribution in [0.5, 0.6) is 0 Å². The first kappa shape index (κ1) is 11.5. The zero-order valence-electron chi connectivity index (χ0n) is 9.95. The Kier molecular flexibility index (Phi) is 3.19. The molecule has 0 atom stereocenters. The quantitative estimate of drug-likeness (QED) is 0.862. The SMILES string of the molecule is ClCc1nnc(Nc2cccc3c2CCCC3)o1. The Morgan fingerprint density at radius 2 is 2.11 bits per heavy atom. The number of nitrogens with one attached hydrogen (secondary N) is 1. The lowest BCUT2D eigenvalue weighted by atomic mass is 9.90. The minimum atomic E-state index is 0.238. The molecule has 0 radical (unpaired) electrons. The number of nitrogens with zero attached hydrogens (tertiary/aromatic N) is 2. The average Bonchev–Trinajstić information content (AvgIpc) is 2.87. The number of hydrogen-bond donors (Lipinski definition) is 1. The number of alkyl halides is 1. The van der Waals surface area contributed by atoms with Crippen LogP contribution in [0.3, 0.4) is 0 Å². The van der Waals surface area contributed by atoms with Crippen molar-refractivity contribution >= 4 is 23.3 Å². The fraction of sp³-hybridized carbons (Fsp3) is 0.385. The van der Waals surface area contributed by atoms with Crippen molar-refractivity contribution in [1.29, 1.82) is 0 Å². The van der Waals surface area contributed by atoms with Crippen LogP contribution < -0.4 is 5.32 Å². The van der Waals surface area contributed by atoms with Crippen molar-refractivity contribution in [2.24, 2.45) is 0 Å². The number of hydrogen-bond acceptors (Lipinski definition) is 4. The van der Waals surface area contributed by atoms with Crippen molar-refractivity contribution in [3.8, 4) is 0 Å². The van der Waals surface area contributed by atoms with Crippen molar-refractivity contribution in [3.05, 3.63) is 35.2 Å². The van der Waals surface area contributed by atoms with Crippen molar-refractivity contribution < 1.29 is 4.42 Å². The van der Waals surface area contributed by atoms with Crippen molar-refractivity contribution in [2.45, 2.75) is 31.6 Å². The normalized spacial score (nSPS) is 14.3. The molecule has 0 spiro atoms. The topological polar surface area (TPSA) is 51.0 Å². The largest absolute Gasteiger partial charge is 0.407 e. The molecule has 0 saturated carbocycles. The third kappa shape index (κ3) is 2.20. The number of anilines is 2. The molecule has 1 N–H and O–H groups in total. The monoisotopic (exact) mass is 263 g/mol. The second kappa shape index (κ2) is 4.98. The van der Waals surface area contributed by atoms with Crippen LogP contribution in [-0.2, 0) is 18.7 Å². The first-order chi connectivity index (χ1) is 8.86. The highest BCUT2D eigenvalue weighted by atomic mass is 35.5. The van der Waals surface area contributed by atoms with Gasteiger partial charge in [-0.3, -0.25) is 0 Å². The van der Waals surface area contributed by atoms with Gasteiger partial charge in [0, 0.05) is 5.69 Å². The number of rotatable bonds is 3. The summed E-state index contributed by atoms with van der Waals surface area (Å²) in [5.74, 6) is 0.672. The average molecular weight is 264 g/mol. The number of fused-ring (bicyclic) bond motifs is 1. The van der Waals surface area contributed by atoms with Gasteiger partial charge in [0.2, 0.25) is 5.89 Å². The molecular formula is C13H14ClN3O. The molecule has 0 fully saturated rings.